The summed E-state index contributed by atoms with van der Waals surface area (Å²) in [6, 6.07) is 11.3. The second-order valence-corrected chi connectivity index (χ2v) is 7.02. The maximum absolute atomic E-state index is 12.1. The molecule has 0 amide bonds. The minimum Gasteiger partial charge on any atom is -0.503 e. The van der Waals surface area contributed by atoms with E-state index >= 15 is 0 Å². The van der Waals surface area contributed by atoms with Gasteiger partial charge in [-0.25, -0.2) is 9.78 Å². The van der Waals surface area contributed by atoms with E-state index in [-0.39, 0.29) is 6.61 Å². The number of pyridine rings is 1. The largest absolute Gasteiger partial charge is 0.503 e. The molecule has 7 heteroatoms. The Morgan fingerprint density at radius 2 is 1.89 bits per heavy atom. The fraction of sp³-hybridized carbons (Fsp3) is 0.190. The first kappa shape index (κ1) is 19.6. The van der Waals surface area contributed by atoms with Crippen LogP contribution >= 0.6 is 11.3 Å². The number of rotatable bonds is 7. The fourth-order valence-electron chi connectivity index (χ4n) is 2.64. The highest BCUT2D eigenvalue weighted by molar-refractivity contribution is 7.15. The van der Waals surface area contributed by atoms with Crippen molar-refractivity contribution in [3.05, 3.63) is 71.1 Å². The van der Waals surface area contributed by atoms with Crippen molar-refractivity contribution in [2.45, 2.75) is 13.5 Å². The Bertz CT molecular complexity index is 983. The molecule has 2 aromatic heterocycles. The van der Waals surface area contributed by atoms with E-state index in [4.69, 9.17) is 14.2 Å². The third-order valence-corrected chi connectivity index (χ3v) is 5.00. The van der Waals surface area contributed by atoms with Crippen molar-refractivity contribution in [1.29, 1.82) is 0 Å². The lowest BCUT2D eigenvalue weighted by Crippen LogP contribution is -2.08. The predicted molar refractivity (Wildman–Crippen MR) is 108 cm³/mol. The molecule has 0 fully saturated rings. The molecule has 144 valence electrons. The molecule has 0 aliphatic heterocycles. The zero-order chi connectivity index (χ0) is 19.9. The van der Waals surface area contributed by atoms with Crippen molar-refractivity contribution in [1.82, 2.24) is 9.97 Å². The molecule has 3 aromatic rings. The van der Waals surface area contributed by atoms with Gasteiger partial charge in [0.25, 0.3) is 0 Å². The Hall–Kier alpha value is -3.19. The van der Waals surface area contributed by atoms with Crippen molar-refractivity contribution >= 4 is 22.9 Å². The first-order chi connectivity index (χ1) is 13.6. The van der Waals surface area contributed by atoms with Gasteiger partial charge in [-0.1, -0.05) is 24.3 Å². The third kappa shape index (κ3) is 4.37. The van der Waals surface area contributed by atoms with Crippen LogP contribution in [-0.4, -0.2) is 30.2 Å². The van der Waals surface area contributed by atoms with Gasteiger partial charge in [0.1, 0.15) is 17.2 Å². The van der Waals surface area contributed by atoms with Crippen molar-refractivity contribution in [3.63, 3.8) is 0 Å². The number of hydrogen-bond acceptors (Lipinski definition) is 7. The van der Waals surface area contributed by atoms with Crippen molar-refractivity contribution < 1.29 is 19.0 Å². The van der Waals surface area contributed by atoms with Crippen molar-refractivity contribution in [3.8, 4) is 16.5 Å². The number of carbonyl (C=O) groups is 1. The van der Waals surface area contributed by atoms with Crippen LogP contribution in [-0.2, 0) is 20.9 Å². The smallest absolute Gasteiger partial charge is 0.341 e. The number of ether oxygens (including phenoxy) is 3. The van der Waals surface area contributed by atoms with Gasteiger partial charge < -0.3 is 14.2 Å². The van der Waals surface area contributed by atoms with E-state index in [0.717, 1.165) is 21.0 Å². The van der Waals surface area contributed by atoms with Gasteiger partial charge in [-0.2, -0.15) is 0 Å². The van der Waals surface area contributed by atoms with Crippen LogP contribution in [0, 0.1) is 6.92 Å². The SMILES string of the molecule is CO/C=C(/C(=O)OC)c1ccccc1COc1nc(-c2ccncc2)sc1C. The Morgan fingerprint density at radius 1 is 1.14 bits per heavy atom. The number of thiazole rings is 1. The van der Waals surface area contributed by atoms with E-state index in [0.29, 0.717) is 17.0 Å². The van der Waals surface area contributed by atoms with Gasteiger partial charge in [-0.3, -0.25) is 4.98 Å². The lowest BCUT2D eigenvalue weighted by Gasteiger charge is -2.12. The number of nitrogens with zero attached hydrogens (tertiary/aromatic N) is 2. The van der Waals surface area contributed by atoms with Crippen LogP contribution in [0.3, 0.4) is 0 Å². The minimum atomic E-state index is -0.473. The molecule has 3 rings (SSSR count). The molecule has 0 unspecified atom stereocenters. The molecule has 0 spiro atoms. The Kier molecular flexibility index (Phi) is 6.39. The third-order valence-electron chi connectivity index (χ3n) is 3.99. The molecule has 1 aromatic carbocycles. The Labute approximate surface area is 167 Å². The number of aryl methyl sites for hydroxylation is 1. The van der Waals surface area contributed by atoms with Gasteiger partial charge in [0, 0.05) is 18.0 Å². The summed E-state index contributed by atoms with van der Waals surface area (Å²) in [5.74, 6) is 0.0982. The molecule has 6 nitrogen and oxygen atoms in total. The van der Waals surface area contributed by atoms with Crippen molar-refractivity contribution in [2.24, 2.45) is 0 Å². The van der Waals surface area contributed by atoms with E-state index in [9.17, 15) is 4.79 Å². The Morgan fingerprint density at radius 3 is 2.61 bits per heavy atom. The standard InChI is InChI=1S/C21H20N2O4S/c1-14-19(23-20(28-14)15-8-10-22-11-9-15)27-12-16-6-4-5-7-17(16)18(13-25-2)21(24)26-3/h4-11,13H,12H2,1-3H3/b18-13+. The fourth-order valence-corrected chi connectivity index (χ4v) is 3.50. The van der Waals surface area contributed by atoms with Gasteiger partial charge in [-0.15, -0.1) is 11.3 Å². The van der Waals surface area contributed by atoms with Crippen LogP contribution in [0.15, 0.2) is 55.1 Å². The van der Waals surface area contributed by atoms with Crippen LogP contribution in [0.4, 0.5) is 0 Å². The summed E-state index contributed by atoms with van der Waals surface area (Å²) in [5, 5.41) is 0.873. The van der Waals surface area contributed by atoms with Gasteiger partial charge in [0.15, 0.2) is 0 Å². The topological polar surface area (TPSA) is 70.5 Å². The second kappa shape index (κ2) is 9.14. The number of methoxy groups -OCH3 is 2. The number of hydrogen-bond donors (Lipinski definition) is 0. The van der Waals surface area contributed by atoms with E-state index in [1.807, 2.05) is 43.3 Å². The summed E-state index contributed by atoms with van der Waals surface area (Å²) < 4.78 is 15.9. The maximum atomic E-state index is 12.1. The summed E-state index contributed by atoms with van der Waals surface area (Å²) in [7, 11) is 2.82. The molecule has 0 saturated carbocycles. The first-order valence-corrected chi connectivity index (χ1v) is 9.36. The molecular weight excluding hydrogens is 376 g/mol. The molecule has 0 aliphatic rings. The van der Waals surface area contributed by atoms with E-state index in [1.54, 1.807) is 23.7 Å². The minimum absolute atomic E-state index is 0.259. The number of aromatic nitrogens is 2. The molecule has 0 saturated heterocycles. The average molecular weight is 396 g/mol. The quantitative estimate of drug-likeness (QED) is 0.338. The summed E-state index contributed by atoms with van der Waals surface area (Å²) in [6.07, 6.45) is 4.85. The highest BCUT2D eigenvalue weighted by atomic mass is 32.1. The van der Waals surface area contributed by atoms with Crippen molar-refractivity contribution in [2.75, 3.05) is 14.2 Å². The van der Waals surface area contributed by atoms with E-state index in [1.165, 1.54) is 20.5 Å². The van der Waals surface area contributed by atoms with Gasteiger partial charge in [0.2, 0.25) is 5.88 Å². The number of esters is 1. The van der Waals surface area contributed by atoms with E-state index in [2.05, 4.69) is 9.97 Å². The number of carbonyl (C=O) groups excluding carboxylic acids is 1. The van der Waals surface area contributed by atoms with Crippen LogP contribution in [0.25, 0.3) is 16.1 Å². The normalized spacial score (nSPS) is 11.2. The molecule has 0 bridgehead atoms. The predicted octanol–water partition coefficient (Wildman–Crippen LogP) is 4.25. The molecule has 0 N–H and O–H groups in total. The first-order valence-electron chi connectivity index (χ1n) is 8.54. The second-order valence-electron chi connectivity index (χ2n) is 5.82. The monoisotopic (exact) mass is 396 g/mol. The summed E-state index contributed by atoms with van der Waals surface area (Å²) in [5.41, 5.74) is 2.85. The summed E-state index contributed by atoms with van der Waals surface area (Å²) >= 11 is 1.56. The summed E-state index contributed by atoms with van der Waals surface area (Å²) in [6.45, 7) is 2.23. The lowest BCUT2D eigenvalue weighted by atomic mass is 10.0. The van der Waals surface area contributed by atoms with E-state index < -0.39 is 5.97 Å². The lowest BCUT2D eigenvalue weighted by molar-refractivity contribution is -0.133. The molecule has 0 aliphatic carbocycles. The highest BCUT2D eigenvalue weighted by Crippen LogP contribution is 2.32. The van der Waals surface area contributed by atoms with Crippen LogP contribution in [0.1, 0.15) is 16.0 Å². The van der Waals surface area contributed by atoms with Crippen LogP contribution < -0.4 is 4.74 Å². The number of benzene rings is 1. The highest BCUT2D eigenvalue weighted by Gasteiger charge is 2.18. The van der Waals surface area contributed by atoms with Gasteiger partial charge in [-0.05, 0) is 30.2 Å². The summed E-state index contributed by atoms with van der Waals surface area (Å²) in [4.78, 5) is 21.7. The maximum Gasteiger partial charge on any atom is 0.341 e. The molecule has 2 heterocycles. The molecule has 28 heavy (non-hydrogen) atoms. The van der Waals surface area contributed by atoms with Crippen LogP contribution in [0.2, 0.25) is 0 Å². The molecular formula is C21H20N2O4S. The van der Waals surface area contributed by atoms with Gasteiger partial charge in [0.05, 0.1) is 25.4 Å². The van der Waals surface area contributed by atoms with Crippen LogP contribution in [0.5, 0.6) is 5.88 Å². The van der Waals surface area contributed by atoms with Gasteiger partial charge >= 0.3 is 5.97 Å². The molecule has 0 radical (unpaired) electrons. The zero-order valence-corrected chi connectivity index (χ0v) is 16.7. The average Bonchev–Trinajstić information content (AvgIpc) is 3.11. The zero-order valence-electron chi connectivity index (χ0n) is 15.8. The molecule has 0 atom stereocenters. The Balaban J connectivity index is 1.84.